The lowest BCUT2D eigenvalue weighted by Gasteiger charge is -2.32. The fraction of sp³-hybridized carbons (Fsp3) is 0.857. The molecule has 0 bridgehead atoms. The van der Waals surface area contributed by atoms with Crippen LogP contribution < -0.4 is 0 Å². The van der Waals surface area contributed by atoms with Crippen LogP contribution in [0.2, 0.25) is 0 Å². The molecule has 0 saturated carbocycles. The number of aliphatic hydroxyl groups is 1. The van der Waals surface area contributed by atoms with E-state index in [1.807, 2.05) is 20.8 Å². The summed E-state index contributed by atoms with van der Waals surface area (Å²) in [7, 11) is 0. The van der Waals surface area contributed by atoms with Crippen LogP contribution in [-0.2, 0) is 14.3 Å². The lowest BCUT2D eigenvalue weighted by atomic mass is 9.99. The van der Waals surface area contributed by atoms with Crippen molar-refractivity contribution in [2.75, 3.05) is 19.7 Å². The van der Waals surface area contributed by atoms with Crippen molar-refractivity contribution in [3.05, 3.63) is 0 Å². The molecule has 1 rings (SSSR count). The first-order valence-corrected chi connectivity index (χ1v) is 6.92. The highest BCUT2D eigenvalue weighted by Gasteiger charge is 2.24. The number of nitrogens with zero attached hydrogens (tertiary/aromatic N) is 1. The zero-order valence-corrected chi connectivity index (χ0v) is 12.1. The molecule has 0 aromatic rings. The van der Waals surface area contributed by atoms with Gasteiger partial charge >= 0.3 is 5.97 Å². The van der Waals surface area contributed by atoms with Crippen LogP contribution in [-0.4, -0.2) is 47.2 Å². The Labute approximate surface area is 114 Å². The third-order valence-corrected chi connectivity index (χ3v) is 3.09. The summed E-state index contributed by atoms with van der Waals surface area (Å²) in [5, 5.41) is 9.12. The van der Waals surface area contributed by atoms with Crippen molar-refractivity contribution in [2.45, 2.75) is 52.1 Å². The molecule has 1 saturated heterocycles. The number of hydrogen-bond acceptors (Lipinski definition) is 4. The maximum atomic E-state index is 12.0. The minimum atomic E-state index is -0.507. The molecule has 0 aromatic carbocycles. The second-order valence-corrected chi connectivity index (χ2v) is 6.12. The van der Waals surface area contributed by atoms with Crippen LogP contribution in [0.25, 0.3) is 0 Å². The van der Waals surface area contributed by atoms with Gasteiger partial charge in [0.25, 0.3) is 0 Å². The van der Waals surface area contributed by atoms with E-state index in [2.05, 4.69) is 0 Å². The number of hydrogen-bond donors (Lipinski definition) is 1. The SMILES string of the molecule is CC(C)(C)OC(=O)CCC(=O)N1CCCC(CO)C1. The maximum absolute atomic E-state index is 12.0. The molecule has 1 N–H and O–H groups in total. The standard InChI is InChI=1S/C14H25NO4/c1-14(2,3)19-13(18)7-6-12(17)15-8-4-5-11(9-15)10-16/h11,16H,4-10H2,1-3H3. The van der Waals surface area contributed by atoms with Crippen LogP contribution >= 0.6 is 0 Å². The van der Waals surface area contributed by atoms with Gasteiger partial charge in [-0.1, -0.05) is 0 Å². The van der Waals surface area contributed by atoms with E-state index in [9.17, 15) is 9.59 Å². The number of carbonyl (C=O) groups is 2. The summed E-state index contributed by atoms with van der Waals surface area (Å²) in [6.45, 7) is 6.87. The molecular formula is C14H25NO4. The van der Waals surface area contributed by atoms with E-state index in [0.717, 1.165) is 19.4 Å². The van der Waals surface area contributed by atoms with Gasteiger partial charge in [0.1, 0.15) is 5.60 Å². The minimum Gasteiger partial charge on any atom is -0.460 e. The zero-order valence-electron chi connectivity index (χ0n) is 12.1. The van der Waals surface area contributed by atoms with Crippen molar-refractivity contribution in [1.29, 1.82) is 0 Å². The van der Waals surface area contributed by atoms with Crippen LogP contribution in [0.15, 0.2) is 0 Å². The zero-order chi connectivity index (χ0) is 14.5. The van der Waals surface area contributed by atoms with Crippen LogP contribution in [0.5, 0.6) is 0 Å². The Morgan fingerprint density at radius 1 is 1.32 bits per heavy atom. The van der Waals surface area contributed by atoms with Crippen molar-refractivity contribution in [1.82, 2.24) is 4.90 Å². The van der Waals surface area contributed by atoms with Crippen molar-refractivity contribution in [3.63, 3.8) is 0 Å². The summed E-state index contributed by atoms with van der Waals surface area (Å²) in [6, 6.07) is 0. The normalized spacial score (nSPS) is 20.2. The molecule has 1 amide bonds. The Kier molecular flexibility index (Phi) is 5.79. The molecule has 1 heterocycles. The molecule has 110 valence electrons. The summed E-state index contributed by atoms with van der Waals surface area (Å²) in [4.78, 5) is 25.2. The number of ether oxygens (including phenoxy) is 1. The first-order chi connectivity index (χ1) is 8.81. The van der Waals surface area contributed by atoms with Gasteiger partial charge in [-0.2, -0.15) is 0 Å². The number of likely N-dealkylation sites (tertiary alicyclic amines) is 1. The summed E-state index contributed by atoms with van der Waals surface area (Å²) in [5.41, 5.74) is -0.507. The van der Waals surface area contributed by atoms with Gasteiger partial charge in [0.2, 0.25) is 5.91 Å². The Morgan fingerprint density at radius 3 is 2.58 bits per heavy atom. The first kappa shape index (κ1) is 16.0. The largest absolute Gasteiger partial charge is 0.460 e. The Bertz CT molecular complexity index is 322. The number of carbonyl (C=O) groups excluding carboxylic acids is 2. The van der Waals surface area contributed by atoms with Crippen LogP contribution in [0, 0.1) is 5.92 Å². The molecule has 0 aliphatic carbocycles. The molecule has 1 unspecified atom stereocenters. The smallest absolute Gasteiger partial charge is 0.306 e. The van der Waals surface area contributed by atoms with Crippen LogP contribution in [0.4, 0.5) is 0 Å². The number of amides is 1. The van der Waals surface area contributed by atoms with E-state index in [1.54, 1.807) is 4.90 Å². The van der Waals surface area contributed by atoms with Crippen molar-refractivity contribution in [3.8, 4) is 0 Å². The highest BCUT2D eigenvalue weighted by atomic mass is 16.6. The Hall–Kier alpha value is -1.10. The van der Waals surface area contributed by atoms with Gasteiger partial charge in [0.05, 0.1) is 6.42 Å². The fourth-order valence-electron chi connectivity index (χ4n) is 2.20. The van der Waals surface area contributed by atoms with Gasteiger partial charge in [0.15, 0.2) is 0 Å². The number of piperidine rings is 1. The van der Waals surface area contributed by atoms with E-state index in [0.29, 0.717) is 6.54 Å². The van der Waals surface area contributed by atoms with Crippen LogP contribution in [0.3, 0.4) is 0 Å². The molecule has 1 atom stereocenters. The Morgan fingerprint density at radius 2 is 2.00 bits per heavy atom. The highest BCUT2D eigenvalue weighted by molar-refractivity contribution is 5.81. The molecule has 0 aromatic heterocycles. The fourth-order valence-corrected chi connectivity index (χ4v) is 2.20. The molecular weight excluding hydrogens is 246 g/mol. The lowest BCUT2D eigenvalue weighted by Crippen LogP contribution is -2.41. The number of rotatable bonds is 4. The molecule has 5 nitrogen and oxygen atoms in total. The molecule has 19 heavy (non-hydrogen) atoms. The number of aliphatic hydroxyl groups excluding tert-OH is 1. The van der Waals surface area contributed by atoms with Gasteiger partial charge < -0.3 is 14.7 Å². The molecule has 1 fully saturated rings. The maximum Gasteiger partial charge on any atom is 0.306 e. The second kappa shape index (κ2) is 6.89. The van der Waals surface area contributed by atoms with E-state index in [4.69, 9.17) is 9.84 Å². The third kappa shape index (κ3) is 6.05. The second-order valence-electron chi connectivity index (χ2n) is 6.12. The molecule has 0 spiro atoms. The van der Waals surface area contributed by atoms with Gasteiger partial charge in [-0.15, -0.1) is 0 Å². The quantitative estimate of drug-likeness (QED) is 0.784. The van der Waals surface area contributed by atoms with E-state index in [-0.39, 0.29) is 37.2 Å². The Balaban J connectivity index is 2.33. The van der Waals surface area contributed by atoms with E-state index >= 15 is 0 Å². The predicted molar refractivity (Wildman–Crippen MR) is 71.5 cm³/mol. The lowest BCUT2D eigenvalue weighted by molar-refractivity contribution is -0.156. The molecule has 5 heteroatoms. The number of esters is 1. The highest BCUT2D eigenvalue weighted by Crippen LogP contribution is 2.17. The van der Waals surface area contributed by atoms with Crippen LogP contribution in [0.1, 0.15) is 46.5 Å². The summed E-state index contributed by atoms with van der Waals surface area (Å²) in [6.07, 6.45) is 2.19. The van der Waals surface area contributed by atoms with Gasteiger partial charge in [-0.3, -0.25) is 9.59 Å². The van der Waals surface area contributed by atoms with E-state index < -0.39 is 5.60 Å². The van der Waals surface area contributed by atoms with Gasteiger partial charge in [-0.25, -0.2) is 0 Å². The molecule has 1 aliphatic rings. The van der Waals surface area contributed by atoms with E-state index in [1.165, 1.54) is 0 Å². The first-order valence-electron chi connectivity index (χ1n) is 6.92. The van der Waals surface area contributed by atoms with Crippen molar-refractivity contribution < 1.29 is 19.4 Å². The van der Waals surface area contributed by atoms with Crippen molar-refractivity contribution >= 4 is 11.9 Å². The summed E-state index contributed by atoms with van der Waals surface area (Å²) in [5.74, 6) is -0.181. The third-order valence-electron chi connectivity index (χ3n) is 3.09. The summed E-state index contributed by atoms with van der Waals surface area (Å²) < 4.78 is 5.17. The average Bonchev–Trinajstić information content (AvgIpc) is 2.34. The van der Waals surface area contributed by atoms with Gasteiger partial charge in [0, 0.05) is 26.1 Å². The average molecular weight is 271 g/mol. The van der Waals surface area contributed by atoms with Crippen molar-refractivity contribution in [2.24, 2.45) is 5.92 Å². The monoisotopic (exact) mass is 271 g/mol. The predicted octanol–water partition coefficient (Wildman–Crippen LogP) is 1.34. The molecule has 0 radical (unpaired) electrons. The topological polar surface area (TPSA) is 66.8 Å². The molecule has 1 aliphatic heterocycles. The van der Waals surface area contributed by atoms with Gasteiger partial charge in [-0.05, 0) is 39.5 Å². The summed E-state index contributed by atoms with van der Waals surface area (Å²) >= 11 is 0. The minimum absolute atomic E-state index is 0.0241.